The molecule has 0 radical (unpaired) electrons. The van der Waals surface area contributed by atoms with Crippen molar-refractivity contribution < 1.29 is 17.9 Å². The maximum absolute atomic E-state index is 11.8. The number of ether oxygens (including phenoxy) is 1. The van der Waals surface area contributed by atoms with Crippen LogP contribution in [-0.4, -0.2) is 32.0 Å². The van der Waals surface area contributed by atoms with Gasteiger partial charge in [-0.25, -0.2) is 0 Å². The average Bonchev–Trinajstić information content (AvgIpc) is 2.47. The average molecular weight is 267 g/mol. The van der Waals surface area contributed by atoms with Crippen molar-refractivity contribution in [2.24, 2.45) is 5.92 Å². The molecule has 108 valence electrons. The highest BCUT2D eigenvalue weighted by atomic mass is 19.4. The summed E-state index contributed by atoms with van der Waals surface area (Å²) in [6.07, 6.45) is 2.73. The van der Waals surface area contributed by atoms with E-state index in [0.717, 1.165) is 6.54 Å². The van der Waals surface area contributed by atoms with Gasteiger partial charge in [0.15, 0.2) is 0 Å². The highest BCUT2D eigenvalue weighted by Gasteiger charge is 2.27. The number of alkyl halides is 3. The molecule has 0 amide bonds. The van der Waals surface area contributed by atoms with Gasteiger partial charge in [0.05, 0.1) is 0 Å². The molecule has 2 atom stereocenters. The van der Waals surface area contributed by atoms with Gasteiger partial charge in [-0.1, -0.05) is 26.2 Å². The van der Waals surface area contributed by atoms with E-state index in [1.165, 1.54) is 32.1 Å². The molecule has 1 aliphatic carbocycles. The predicted molar refractivity (Wildman–Crippen MR) is 65.5 cm³/mol. The monoisotopic (exact) mass is 267 g/mol. The Kier molecular flexibility index (Phi) is 7.00. The molecule has 0 saturated heterocycles. The first-order chi connectivity index (χ1) is 8.49. The smallest absolute Gasteiger partial charge is 0.372 e. The van der Waals surface area contributed by atoms with E-state index >= 15 is 0 Å². The van der Waals surface area contributed by atoms with Gasteiger partial charge in [-0.05, 0) is 31.7 Å². The molecule has 0 aromatic rings. The lowest BCUT2D eigenvalue weighted by atomic mass is 9.97. The SMILES string of the molecule is CC1CCCCCC1NCCCOCC(F)(F)F. The van der Waals surface area contributed by atoms with Crippen LogP contribution in [0.1, 0.15) is 45.4 Å². The minimum Gasteiger partial charge on any atom is -0.372 e. The molecule has 1 fully saturated rings. The normalized spacial score (nSPS) is 26.0. The summed E-state index contributed by atoms with van der Waals surface area (Å²) in [7, 11) is 0. The Morgan fingerprint density at radius 3 is 2.61 bits per heavy atom. The zero-order valence-corrected chi connectivity index (χ0v) is 11.1. The van der Waals surface area contributed by atoms with Crippen molar-refractivity contribution in [3.63, 3.8) is 0 Å². The number of hydrogen-bond donors (Lipinski definition) is 1. The maximum Gasteiger partial charge on any atom is 0.411 e. The molecule has 5 heteroatoms. The van der Waals surface area contributed by atoms with E-state index in [2.05, 4.69) is 17.0 Å². The quantitative estimate of drug-likeness (QED) is 0.587. The van der Waals surface area contributed by atoms with Crippen molar-refractivity contribution in [1.82, 2.24) is 5.32 Å². The molecule has 0 aliphatic heterocycles. The van der Waals surface area contributed by atoms with Crippen LogP contribution in [0.5, 0.6) is 0 Å². The lowest BCUT2D eigenvalue weighted by Gasteiger charge is -2.22. The molecule has 2 unspecified atom stereocenters. The van der Waals surface area contributed by atoms with Gasteiger partial charge in [-0.2, -0.15) is 13.2 Å². The van der Waals surface area contributed by atoms with Gasteiger partial charge in [0.2, 0.25) is 0 Å². The first-order valence-electron chi connectivity index (χ1n) is 6.87. The summed E-state index contributed by atoms with van der Waals surface area (Å²) in [5, 5.41) is 3.45. The van der Waals surface area contributed by atoms with Crippen LogP contribution >= 0.6 is 0 Å². The van der Waals surface area contributed by atoms with Crippen molar-refractivity contribution in [1.29, 1.82) is 0 Å². The summed E-state index contributed by atoms with van der Waals surface area (Å²) in [6.45, 7) is 2.04. The standard InChI is InChI=1S/C13H24F3NO/c1-11-6-3-2-4-7-12(11)17-8-5-9-18-10-13(14,15)16/h11-12,17H,2-10H2,1H3. The molecule has 0 heterocycles. The highest BCUT2D eigenvalue weighted by Crippen LogP contribution is 2.22. The van der Waals surface area contributed by atoms with Gasteiger partial charge < -0.3 is 10.1 Å². The van der Waals surface area contributed by atoms with Gasteiger partial charge in [-0.3, -0.25) is 0 Å². The second kappa shape index (κ2) is 8.00. The Hall–Kier alpha value is -0.290. The minimum absolute atomic E-state index is 0.174. The Morgan fingerprint density at radius 2 is 1.89 bits per heavy atom. The number of nitrogens with one attached hydrogen (secondary N) is 1. The van der Waals surface area contributed by atoms with Crippen molar-refractivity contribution in [3.05, 3.63) is 0 Å². The summed E-state index contributed by atoms with van der Waals surface area (Å²) in [6, 6.07) is 0.523. The molecule has 0 aromatic carbocycles. The van der Waals surface area contributed by atoms with E-state index in [1.807, 2.05) is 0 Å². The van der Waals surface area contributed by atoms with Crippen LogP contribution in [-0.2, 0) is 4.74 Å². The maximum atomic E-state index is 11.8. The summed E-state index contributed by atoms with van der Waals surface area (Å²) in [4.78, 5) is 0. The Bertz CT molecular complexity index is 221. The van der Waals surface area contributed by atoms with Crippen LogP contribution in [0.4, 0.5) is 13.2 Å². The van der Waals surface area contributed by atoms with E-state index < -0.39 is 12.8 Å². The van der Waals surface area contributed by atoms with Crippen molar-refractivity contribution in [2.75, 3.05) is 19.8 Å². The summed E-state index contributed by atoms with van der Waals surface area (Å²) in [5.41, 5.74) is 0. The molecule has 0 aromatic heterocycles. The molecule has 18 heavy (non-hydrogen) atoms. The van der Waals surface area contributed by atoms with Crippen LogP contribution in [0.15, 0.2) is 0 Å². The van der Waals surface area contributed by atoms with Crippen LogP contribution in [0.25, 0.3) is 0 Å². The van der Waals surface area contributed by atoms with Crippen LogP contribution in [0.2, 0.25) is 0 Å². The third-order valence-corrected chi connectivity index (χ3v) is 3.50. The molecule has 1 aliphatic rings. The lowest BCUT2D eigenvalue weighted by molar-refractivity contribution is -0.173. The Labute approximate surface area is 107 Å². The summed E-state index contributed by atoms with van der Waals surface area (Å²) < 4.78 is 40.0. The molecule has 1 N–H and O–H groups in total. The van der Waals surface area contributed by atoms with Gasteiger partial charge in [0.1, 0.15) is 6.61 Å². The molecule has 0 bridgehead atoms. The summed E-state index contributed by atoms with van der Waals surface area (Å²) in [5.74, 6) is 0.670. The largest absolute Gasteiger partial charge is 0.411 e. The topological polar surface area (TPSA) is 21.3 Å². The van der Waals surface area contributed by atoms with Crippen LogP contribution in [0.3, 0.4) is 0 Å². The van der Waals surface area contributed by atoms with E-state index in [9.17, 15) is 13.2 Å². The molecule has 1 saturated carbocycles. The number of hydrogen-bond acceptors (Lipinski definition) is 2. The minimum atomic E-state index is -4.21. The zero-order valence-electron chi connectivity index (χ0n) is 11.1. The van der Waals surface area contributed by atoms with Crippen molar-refractivity contribution in [2.45, 2.75) is 57.7 Å². The van der Waals surface area contributed by atoms with E-state index in [0.29, 0.717) is 18.4 Å². The molecule has 2 nitrogen and oxygen atoms in total. The fourth-order valence-corrected chi connectivity index (χ4v) is 2.45. The first kappa shape index (κ1) is 15.8. The fraction of sp³-hybridized carbons (Fsp3) is 1.00. The predicted octanol–water partition coefficient (Wildman–Crippen LogP) is 3.51. The lowest BCUT2D eigenvalue weighted by Crippen LogP contribution is -2.35. The number of halogens is 3. The molecule has 0 spiro atoms. The van der Waals surface area contributed by atoms with Gasteiger partial charge >= 0.3 is 6.18 Å². The van der Waals surface area contributed by atoms with Crippen molar-refractivity contribution >= 4 is 0 Å². The zero-order chi connectivity index (χ0) is 13.4. The highest BCUT2D eigenvalue weighted by molar-refractivity contribution is 4.76. The van der Waals surface area contributed by atoms with E-state index in [1.54, 1.807) is 0 Å². The Morgan fingerprint density at radius 1 is 1.17 bits per heavy atom. The number of rotatable bonds is 6. The second-order valence-corrected chi connectivity index (χ2v) is 5.20. The van der Waals surface area contributed by atoms with E-state index in [-0.39, 0.29) is 6.61 Å². The molecular formula is C13H24F3NO. The molecule has 1 rings (SSSR count). The third kappa shape index (κ3) is 7.21. The third-order valence-electron chi connectivity index (χ3n) is 3.50. The van der Waals surface area contributed by atoms with Gasteiger partial charge in [-0.15, -0.1) is 0 Å². The first-order valence-corrected chi connectivity index (χ1v) is 6.87. The molecular weight excluding hydrogens is 243 g/mol. The Balaban J connectivity index is 2.03. The van der Waals surface area contributed by atoms with Crippen molar-refractivity contribution in [3.8, 4) is 0 Å². The van der Waals surface area contributed by atoms with Gasteiger partial charge in [0.25, 0.3) is 0 Å². The second-order valence-electron chi connectivity index (χ2n) is 5.20. The van der Waals surface area contributed by atoms with E-state index in [4.69, 9.17) is 0 Å². The summed E-state index contributed by atoms with van der Waals surface area (Å²) >= 11 is 0. The van der Waals surface area contributed by atoms with Gasteiger partial charge in [0, 0.05) is 12.6 Å². The fourth-order valence-electron chi connectivity index (χ4n) is 2.45. The van der Waals surface area contributed by atoms with Crippen LogP contribution < -0.4 is 5.32 Å². The van der Waals surface area contributed by atoms with Crippen LogP contribution in [0, 0.1) is 5.92 Å².